The lowest BCUT2D eigenvalue weighted by atomic mass is 9.95. The SMILES string of the molecule is CCCOc1ccc(/C(O)=C2\C(=O)C(=O)N(c3ccccn3)[C@H]2c2ccc(Cl)cc2)cc1. The first kappa shape index (κ1) is 21.6. The van der Waals surface area contributed by atoms with E-state index >= 15 is 0 Å². The van der Waals surface area contributed by atoms with Crippen LogP contribution in [0.1, 0.15) is 30.5 Å². The number of hydrogen-bond acceptors (Lipinski definition) is 5. The van der Waals surface area contributed by atoms with E-state index in [2.05, 4.69) is 4.98 Å². The molecule has 7 heteroatoms. The molecule has 1 fully saturated rings. The van der Waals surface area contributed by atoms with Crippen molar-refractivity contribution >= 4 is 34.9 Å². The van der Waals surface area contributed by atoms with Gasteiger partial charge in [0.2, 0.25) is 0 Å². The predicted octanol–water partition coefficient (Wildman–Crippen LogP) is 5.15. The Bertz CT molecular complexity index is 1160. The lowest BCUT2D eigenvalue weighted by molar-refractivity contribution is -0.132. The van der Waals surface area contributed by atoms with Crippen LogP contribution >= 0.6 is 11.6 Å². The van der Waals surface area contributed by atoms with Gasteiger partial charge in [0.25, 0.3) is 5.78 Å². The molecular weight excluding hydrogens is 428 g/mol. The number of pyridine rings is 1. The van der Waals surface area contributed by atoms with Crippen molar-refractivity contribution in [1.82, 2.24) is 4.98 Å². The minimum atomic E-state index is -0.849. The van der Waals surface area contributed by atoms with E-state index in [0.717, 1.165) is 6.42 Å². The third-order valence-corrected chi connectivity index (χ3v) is 5.38. The molecular formula is C25H21ClN2O4. The highest BCUT2D eigenvalue weighted by Gasteiger charge is 2.47. The Hall–Kier alpha value is -3.64. The first-order valence-electron chi connectivity index (χ1n) is 10.2. The Balaban J connectivity index is 1.83. The van der Waals surface area contributed by atoms with E-state index in [1.165, 1.54) is 4.90 Å². The number of anilines is 1. The number of aromatic nitrogens is 1. The monoisotopic (exact) mass is 448 g/mol. The number of rotatable bonds is 6. The molecule has 0 saturated carbocycles. The molecule has 32 heavy (non-hydrogen) atoms. The van der Waals surface area contributed by atoms with Gasteiger partial charge in [-0.3, -0.25) is 14.5 Å². The smallest absolute Gasteiger partial charge is 0.301 e. The summed E-state index contributed by atoms with van der Waals surface area (Å²) in [6, 6.07) is 17.8. The molecule has 1 N–H and O–H groups in total. The Kier molecular flexibility index (Phi) is 6.23. The Labute approximate surface area is 190 Å². The molecule has 162 valence electrons. The summed E-state index contributed by atoms with van der Waals surface area (Å²) in [5.41, 5.74) is 1.03. The van der Waals surface area contributed by atoms with Crippen molar-refractivity contribution in [2.75, 3.05) is 11.5 Å². The molecule has 0 aliphatic carbocycles. The molecule has 3 aromatic rings. The quantitative estimate of drug-likeness (QED) is 0.320. The molecule has 1 amide bonds. The zero-order valence-corrected chi connectivity index (χ0v) is 18.1. The van der Waals surface area contributed by atoms with Gasteiger partial charge in [-0.15, -0.1) is 0 Å². The average Bonchev–Trinajstić information content (AvgIpc) is 3.09. The Morgan fingerprint density at radius 1 is 1.06 bits per heavy atom. The summed E-state index contributed by atoms with van der Waals surface area (Å²) in [6.45, 7) is 2.59. The summed E-state index contributed by atoms with van der Waals surface area (Å²) in [4.78, 5) is 31.6. The van der Waals surface area contributed by atoms with Crippen LogP contribution in [0.15, 0.2) is 78.5 Å². The molecule has 4 rings (SSSR count). The standard InChI is InChI=1S/C25H21ClN2O4/c1-2-15-32-19-12-8-17(9-13-19)23(29)21-22(16-6-10-18(26)11-7-16)28(25(31)24(21)30)20-5-3-4-14-27-20/h3-14,22,29H,2,15H2,1H3/b23-21+/t22-/m0/s1. The van der Waals surface area contributed by atoms with Gasteiger partial charge in [-0.2, -0.15) is 0 Å². The fourth-order valence-electron chi connectivity index (χ4n) is 3.61. The van der Waals surface area contributed by atoms with Gasteiger partial charge in [0.1, 0.15) is 17.3 Å². The van der Waals surface area contributed by atoms with Crippen LogP contribution in [0.25, 0.3) is 5.76 Å². The van der Waals surface area contributed by atoms with Crippen LogP contribution in [0.3, 0.4) is 0 Å². The van der Waals surface area contributed by atoms with E-state index in [9.17, 15) is 14.7 Å². The highest BCUT2D eigenvalue weighted by Crippen LogP contribution is 2.41. The number of nitrogens with zero attached hydrogens (tertiary/aromatic N) is 2. The maximum Gasteiger partial charge on any atom is 0.301 e. The number of hydrogen-bond donors (Lipinski definition) is 1. The normalized spacial score (nSPS) is 17.6. The van der Waals surface area contributed by atoms with Crippen molar-refractivity contribution in [1.29, 1.82) is 0 Å². The Morgan fingerprint density at radius 3 is 2.41 bits per heavy atom. The van der Waals surface area contributed by atoms with Gasteiger partial charge in [-0.25, -0.2) is 4.98 Å². The molecule has 2 heterocycles. The maximum absolute atomic E-state index is 13.1. The van der Waals surface area contributed by atoms with Gasteiger partial charge < -0.3 is 9.84 Å². The van der Waals surface area contributed by atoms with Crippen LogP contribution in [0, 0.1) is 0 Å². The van der Waals surface area contributed by atoms with Crippen LogP contribution in [-0.2, 0) is 9.59 Å². The van der Waals surface area contributed by atoms with Crippen molar-refractivity contribution in [2.24, 2.45) is 0 Å². The number of Topliss-reactive ketones (excluding diaryl/α,β-unsaturated/α-hetero) is 1. The third-order valence-electron chi connectivity index (χ3n) is 5.13. The van der Waals surface area contributed by atoms with Gasteiger partial charge >= 0.3 is 5.91 Å². The fourth-order valence-corrected chi connectivity index (χ4v) is 3.74. The molecule has 6 nitrogen and oxygen atoms in total. The fraction of sp³-hybridized carbons (Fsp3) is 0.160. The topological polar surface area (TPSA) is 79.7 Å². The van der Waals surface area contributed by atoms with E-state index < -0.39 is 17.7 Å². The third kappa shape index (κ3) is 4.09. The number of ether oxygens (including phenoxy) is 1. The molecule has 0 spiro atoms. The van der Waals surface area contributed by atoms with Gasteiger partial charge in [0.15, 0.2) is 0 Å². The molecule has 0 radical (unpaired) electrons. The first-order chi connectivity index (χ1) is 15.5. The summed E-state index contributed by atoms with van der Waals surface area (Å²) in [5, 5.41) is 11.6. The number of carbonyl (C=O) groups is 2. The van der Waals surface area contributed by atoms with Gasteiger partial charge in [-0.05, 0) is 60.5 Å². The van der Waals surface area contributed by atoms with Crippen molar-refractivity contribution in [2.45, 2.75) is 19.4 Å². The number of benzene rings is 2. The lowest BCUT2D eigenvalue weighted by Gasteiger charge is -2.24. The average molecular weight is 449 g/mol. The molecule has 1 aliphatic rings. The predicted molar refractivity (Wildman–Crippen MR) is 123 cm³/mol. The summed E-state index contributed by atoms with van der Waals surface area (Å²) >= 11 is 6.04. The highest BCUT2D eigenvalue weighted by molar-refractivity contribution is 6.51. The van der Waals surface area contributed by atoms with Gasteiger partial charge in [0.05, 0.1) is 18.2 Å². The largest absolute Gasteiger partial charge is 0.507 e. The second-order valence-electron chi connectivity index (χ2n) is 7.28. The van der Waals surface area contributed by atoms with E-state index in [4.69, 9.17) is 16.3 Å². The van der Waals surface area contributed by atoms with Crippen molar-refractivity contribution in [3.63, 3.8) is 0 Å². The van der Waals surface area contributed by atoms with Crippen LogP contribution in [0.2, 0.25) is 5.02 Å². The summed E-state index contributed by atoms with van der Waals surface area (Å²) in [5.74, 6) is -0.820. The number of amides is 1. The maximum atomic E-state index is 13.1. The number of aliphatic hydroxyl groups excluding tert-OH is 1. The molecule has 1 aromatic heterocycles. The zero-order valence-electron chi connectivity index (χ0n) is 17.4. The number of aliphatic hydroxyl groups is 1. The minimum Gasteiger partial charge on any atom is -0.507 e. The molecule has 1 saturated heterocycles. The van der Waals surface area contributed by atoms with E-state index in [0.29, 0.717) is 34.3 Å². The highest BCUT2D eigenvalue weighted by atomic mass is 35.5. The van der Waals surface area contributed by atoms with Gasteiger partial charge in [-0.1, -0.05) is 36.7 Å². The van der Waals surface area contributed by atoms with E-state index in [-0.39, 0.29) is 11.3 Å². The summed E-state index contributed by atoms with van der Waals surface area (Å²) in [7, 11) is 0. The molecule has 0 bridgehead atoms. The summed E-state index contributed by atoms with van der Waals surface area (Å²) in [6.07, 6.45) is 2.42. The molecule has 1 atom stereocenters. The van der Waals surface area contributed by atoms with Gasteiger partial charge in [0, 0.05) is 16.8 Å². The lowest BCUT2D eigenvalue weighted by Crippen LogP contribution is -2.30. The van der Waals surface area contributed by atoms with Crippen molar-refractivity contribution in [3.05, 3.63) is 94.6 Å². The number of ketones is 1. The summed E-state index contributed by atoms with van der Waals surface area (Å²) < 4.78 is 5.58. The van der Waals surface area contributed by atoms with Crippen LogP contribution < -0.4 is 9.64 Å². The van der Waals surface area contributed by atoms with Crippen LogP contribution in [0.5, 0.6) is 5.75 Å². The molecule has 2 aromatic carbocycles. The van der Waals surface area contributed by atoms with E-state index in [1.807, 2.05) is 6.92 Å². The van der Waals surface area contributed by atoms with Crippen LogP contribution in [-0.4, -0.2) is 28.4 Å². The second kappa shape index (κ2) is 9.24. The molecule has 1 aliphatic heterocycles. The first-order valence-corrected chi connectivity index (χ1v) is 10.6. The zero-order chi connectivity index (χ0) is 22.7. The second-order valence-corrected chi connectivity index (χ2v) is 7.72. The molecule has 0 unspecified atom stereocenters. The number of carbonyl (C=O) groups excluding carboxylic acids is 2. The van der Waals surface area contributed by atoms with Crippen molar-refractivity contribution in [3.8, 4) is 5.75 Å². The minimum absolute atomic E-state index is 0.00907. The van der Waals surface area contributed by atoms with E-state index in [1.54, 1.807) is 72.9 Å². The number of halogens is 1. The van der Waals surface area contributed by atoms with Crippen molar-refractivity contribution < 1.29 is 19.4 Å². The Morgan fingerprint density at radius 2 is 1.78 bits per heavy atom. The van der Waals surface area contributed by atoms with Crippen LogP contribution in [0.4, 0.5) is 5.82 Å².